The Hall–Kier alpha value is -1.90. The number of benzene rings is 1. The van der Waals surface area contributed by atoms with E-state index in [2.05, 4.69) is 0 Å². The van der Waals surface area contributed by atoms with Crippen molar-refractivity contribution in [2.45, 2.75) is 18.2 Å². The summed E-state index contributed by atoms with van der Waals surface area (Å²) in [6.45, 7) is 0. The molecule has 1 aliphatic heterocycles. The minimum Gasteiger partial charge on any atom is -0.375 e. The third kappa shape index (κ3) is 2.70. The minimum absolute atomic E-state index is 0.210. The number of amides is 1. The van der Waals surface area contributed by atoms with Gasteiger partial charge in [-0.2, -0.15) is 13.2 Å². The van der Waals surface area contributed by atoms with Crippen molar-refractivity contribution in [1.82, 2.24) is 0 Å². The van der Waals surface area contributed by atoms with E-state index in [4.69, 9.17) is 11.6 Å². The van der Waals surface area contributed by atoms with Crippen molar-refractivity contribution >= 4 is 40.3 Å². The van der Waals surface area contributed by atoms with E-state index < -0.39 is 41.1 Å². The molecule has 0 unspecified atom stereocenters. The molecule has 0 spiro atoms. The highest BCUT2D eigenvalue weighted by molar-refractivity contribution is 7.18. The molecule has 0 aliphatic carbocycles. The number of carbonyl (C=O) groups is 2. The highest BCUT2D eigenvalue weighted by Gasteiger charge is 2.50. The molecule has 2 heterocycles. The van der Waals surface area contributed by atoms with E-state index in [1.165, 1.54) is 18.2 Å². The number of Topliss-reactive ketones (excluding diaryl/α,β-unsaturated/α-hetero) is 1. The largest absolute Gasteiger partial charge is 0.418 e. The summed E-state index contributed by atoms with van der Waals surface area (Å²) >= 11 is 6.70. The van der Waals surface area contributed by atoms with Gasteiger partial charge < -0.3 is 10.4 Å². The Bertz CT molecular complexity index is 849. The van der Waals surface area contributed by atoms with Gasteiger partial charge in [0.25, 0.3) is 5.91 Å². The molecule has 4 nitrogen and oxygen atoms in total. The molecule has 0 saturated carbocycles. The van der Waals surface area contributed by atoms with Crippen molar-refractivity contribution in [3.8, 4) is 0 Å². The zero-order valence-electron chi connectivity index (χ0n) is 11.8. The third-order valence-electron chi connectivity index (χ3n) is 3.69. The zero-order chi connectivity index (χ0) is 17.7. The van der Waals surface area contributed by atoms with E-state index in [0.29, 0.717) is 4.34 Å². The van der Waals surface area contributed by atoms with Gasteiger partial charge in [-0.05, 0) is 18.2 Å². The van der Waals surface area contributed by atoms with Crippen molar-refractivity contribution in [3.05, 3.63) is 50.7 Å². The summed E-state index contributed by atoms with van der Waals surface area (Å²) in [6, 6.07) is 5.98. The summed E-state index contributed by atoms with van der Waals surface area (Å²) in [5.41, 5.74) is -4.21. The third-order valence-corrected chi connectivity index (χ3v) is 4.97. The highest BCUT2D eigenvalue weighted by atomic mass is 35.5. The number of para-hydroxylation sites is 1. The van der Waals surface area contributed by atoms with Crippen LogP contribution in [0.25, 0.3) is 0 Å². The fraction of sp³-hybridized carbons (Fsp3) is 0.200. The van der Waals surface area contributed by atoms with Gasteiger partial charge in [-0.1, -0.05) is 23.7 Å². The van der Waals surface area contributed by atoms with Crippen molar-refractivity contribution in [2.24, 2.45) is 0 Å². The normalized spacial score (nSPS) is 20.0. The Morgan fingerprint density at radius 1 is 1.29 bits per heavy atom. The smallest absolute Gasteiger partial charge is 0.375 e. The second kappa shape index (κ2) is 5.58. The van der Waals surface area contributed by atoms with E-state index in [9.17, 15) is 27.9 Å². The predicted molar refractivity (Wildman–Crippen MR) is 82.2 cm³/mol. The highest BCUT2D eigenvalue weighted by Crippen LogP contribution is 2.45. The monoisotopic (exact) mass is 375 g/mol. The molecule has 0 fully saturated rings. The standard InChI is InChI=1S/C15H9ClF3NO3S/c16-11-5-4-10(24-11)9(21)6-14(23)7-2-1-3-8(15(17,18)19)12(7)20-13(14)22/h1-5,23H,6H2,(H,20,22)/t14-/m0/s1. The fourth-order valence-corrected chi connectivity index (χ4v) is 3.55. The number of alkyl halides is 3. The minimum atomic E-state index is -4.70. The number of hydrogen-bond donors (Lipinski definition) is 2. The number of rotatable bonds is 3. The van der Waals surface area contributed by atoms with Gasteiger partial charge in [-0.25, -0.2) is 0 Å². The Morgan fingerprint density at radius 2 is 2.00 bits per heavy atom. The van der Waals surface area contributed by atoms with Crippen LogP contribution in [0.4, 0.5) is 18.9 Å². The molecule has 0 saturated heterocycles. The van der Waals surface area contributed by atoms with Gasteiger partial charge in [-0.3, -0.25) is 9.59 Å². The van der Waals surface area contributed by atoms with Crippen molar-refractivity contribution in [2.75, 3.05) is 5.32 Å². The molecule has 9 heteroatoms. The summed E-state index contributed by atoms with van der Waals surface area (Å²) in [5, 5.41) is 12.7. The molecule has 1 aromatic heterocycles. The molecule has 3 rings (SSSR count). The first-order valence-corrected chi connectivity index (χ1v) is 7.85. The van der Waals surface area contributed by atoms with E-state index in [0.717, 1.165) is 23.5 Å². The van der Waals surface area contributed by atoms with Crippen LogP contribution in [0.1, 0.15) is 27.2 Å². The number of ketones is 1. The molecule has 1 aliphatic rings. The number of aliphatic hydroxyl groups is 1. The topological polar surface area (TPSA) is 66.4 Å². The van der Waals surface area contributed by atoms with Crippen LogP contribution in [0.5, 0.6) is 0 Å². The summed E-state index contributed by atoms with van der Waals surface area (Å²) in [7, 11) is 0. The quantitative estimate of drug-likeness (QED) is 0.801. The Labute approximate surface area is 142 Å². The SMILES string of the molecule is O=C(C[C@@]1(O)C(=O)Nc2c(C(F)(F)F)cccc21)c1ccc(Cl)s1. The average Bonchev–Trinajstić information content (AvgIpc) is 3.01. The second-order valence-corrected chi connectivity index (χ2v) is 6.96. The van der Waals surface area contributed by atoms with Crippen LogP contribution < -0.4 is 5.32 Å². The van der Waals surface area contributed by atoms with E-state index in [1.54, 1.807) is 0 Å². The summed E-state index contributed by atoms with van der Waals surface area (Å²) in [6.07, 6.45) is -5.38. The van der Waals surface area contributed by atoms with E-state index in [-0.39, 0.29) is 10.4 Å². The number of fused-ring (bicyclic) bond motifs is 1. The number of nitrogens with one attached hydrogen (secondary N) is 1. The molecule has 0 radical (unpaired) electrons. The van der Waals surface area contributed by atoms with E-state index >= 15 is 0 Å². The summed E-state index contributed by atoms with van der Waals surface area (Å²) < 4.78 is 39.5. The average molecular weight is 376 g/mol. The molecule has 1 amide bonds. The first-order valence-electron chi connectivity index (χ1n) is 6.66. The number of thiophene rings is 1. The second-order valence-electron chi connectivity index (χ2n) is 5.24. The van der Waals surface area contributed by atoms with Crippen LogP contribution >= 0.6 is 22.9 Å². The van der Waals surface area contributed by atoms with Gasteiger partial charge in [0.05, 0.1) is 26.9 Å². The number of hydrogen-bond acceptors (Lipinski definition) is 4. The first kappa shape index (κ1) is 16.9. The van der Waals surface area contributed by atoms with Crippen molar-refractivity contribution in [1.29, 1.82) is 0 Å². The van der Waals surface area contributed by atoms with Gasteiger partial charge >= 0.3 is 6.18 Å². The molecular weight excluding hydrogens is 367 g/mol. The van der Waals surface area contributed by atoms with Gasteiger partial charge in [0, 0.05) is 5.56 Å². The van der Waals surface area contributed by atoms with Gasteiger partial charge in [-0.15, -0.1) is 11.3 Å². The Morgan fingerprint density at radius 3 is 2.58 bits per heavy atom. The molecular formula is C15H9ClF3NO3S. The zero-order valence-corrected chi connectivity index (χ0v) is 13.4. The molecule has 1 atom stereocenters. The van der Waals surface area contributed by atoms with Gasteiger partial charge in [0.1, 0.15) is 0 Å². The van der Waals surface area contributed by atoms with Crippen LogP contribution in [-0.2, 0) is 16.6 Å². The van der Waals surface area contributed by atoms with Crippen LogP contribution in [0.15, 0.2) is 30.3 Å². The van der Waals surface area contributed by atoms with Crippen molar-refractivity contribution < 1.29 is 27.9 Å². The Balaban J connectivity index is 2.01. The maximum atomic E-state index is 13.0. The number of carbonyl (C=O) groups excluding carboxylic acids is 2. The van der Waals surface area contributed by atoms with Crippen LogP contribution in [0, 0.1) is 0 Å². The maximum Gasteiger partial charge on any atom is 0.418 e. The molecule has 2 aromatic rings. The number of anilines is 1. The molecule has 1 aromatic carbocycles. The maximum absolute atomic E-state index is 13.0. The van der Waals surface area contributed by atoms with Crippen LogP contribution in [-0.4, -0.2) is 16.8 Å². The van der Waals surface area contributed by atoms with Crippen LogP contribution in [0.2, 0.25) is 4.34 Å². The predicted octanol–water partition coefficient (Wildman–Crippen LogP) is 3.83. The molecule has 126 valence electrons. The molecule has 2 N–H and O–H groups in total. The van der Waals surface area contributed by atoms with Crippen LogP contribution in [0.3, 0.4) is 0 Å². The van der Waals surface area contributed by atoms with E-state index in [1.807, 2.05) is 5.32 Å². The van der Waals surface area contributed by atoms with Gasteiger partial charge in [0.15, 0.2) is 11.4 Å². The molecule has 24 heavy (non-hydrogen) atoms. The Kier molecular flexibility index (Phi) is 3.94. The fourth-order valence-electron chi connectivity index (χ4n) is 2.57. The first-order chi connectivity index (χ1) is 11.1. The summed E-state index contributed by atoms with van der Waals surface area (Å²) in [5.74, 6) is -1.65. The van der Waals surface area contributed by atoms with Crippen molar-refractivity contribution in [3.63, 3.8) is 0 Å². The summed E-state index contributed by atoms with van der Waals surface area (Å²) in [4.78, 5) is 24.6. The van der Waals surface area contributed by atoms with Gasteiger partial charge in [0.2, 0.25) is 0 Å². The number of halogens is 4. The lowest BCUT2D eigenvalue weighted by atomic mass is 9.88. The lowest BCUT2D eigenvalue weighted by Crippen LogP contribution is -2.36. The lowest BCUT2D eigenvalue weighted by molar-refractivity contribution is -0.137. The molecule has 0 bridgehead atoms. The lowest BCUT2D eigenvalue weighted by Gasteiger charge is -2.20.